The summed E-state index contributed by atoms with van der Waals surface area (Å²) in [6.45, 7) is 1.64. The van der Waals surface area contributed by atoms with Gasteiger partial charge in [-0.1, -0.05) is 48.5 Å². The van der Waals surface area contributed by atoms with Crippen molar-refractivity contribution in [2.24, 2.45) is 0 Å². The molecule has 0 amide bonds. The molecule has 1 N–H and O–H groups in total. The Balaban J connectivity index is 1.98. The van der Waals surface area contributed by atoms with Crippen LogP contribution in [0.15, 0.2) is 54.6 Å². The van der Waals surface area contributed by atoms with Gasteiger partial charge in [0.1, 0.15) is 17.5 Å². The van der Waals surface area contributed by atoms with Crippen molar-refractivity contribution in [3.05, 3.63) is 65.7 Å². The lowest BCUT2D eigenvalue weighted by atomic mass is 9.81. The lowest BCUT2D eigenvalue weighted by molar-refractivity contribution is -0.275. The molecule has 0 aliphatic carbocycles. The Morgan fingerprint density at radius 2 is 1.78 bits per heavy atom. The first-order chi connectivity index (χ1) is 12.8. The number of likely N-dealkylation sites (N-methyl/N-ethyl adjacent to an activating group) is 1. The molecule has 2 aromatic carbocycles. The van der Waals surface area contributed by atoms with Crippen molar-refractivity contribution >= 4 is 0 Å². The number of hydrogen-bond acceptors (Lipinski definition) is 4. The highest BCUT2D eigenvalue weighted by Gasteiger charge is 2.42. The van der Waals surface area contributed by atoms with Crippen LogP contribution in [0.5, 0.6) is 5.75 Å². The molecule has 1 heterocycles. The summed E-state index contributed by atoms with van der Waals surface area (Å²) >= 11 is 0. The predicted octanol–water partition coefficient (Wildman–Crippen LogP) is 3.35. The van der Waals surface area contributed by atoms with Crippen LogP contribution in [0.1, 0.15) is 11.1 Å². The first-order valence-corrected chi connectivity index (χ1v) is 8.69. The Hall–Kier alpha value is -2.09. The largest absolute Gasteiger partial charge is 0.573 e. The molecule has 1 fully saturated rings. The van der Waals surface area contributed by atoms with Crippen LogP contribution in [0.2, 0.25) is 0 Å². The van der Waals surface area contributed by atoms with Crippen LogP contribution >= 0.6 is 0 Å². The van der Waals surface area contributed by atoms with Crippen molar-refractivity contribution in [3.63, 3.8) is 0 Å². The maximum Gasteiger partial charge on any atom is 0.573 e. The topological polar surface area (TPSA) is 41.9 Å². The van der Waals surface area contributed by atoms with Crippen LogP contribution < -0.4 is 4.74 Å². The van der Waals surface area contributed by atoms with Gasteiger partial charge in [-0.05, 0) is 24.2 Å². The monoisotopic (exact) mass is 381 g/mol. The van der Waals surface area contributed by atoms with Gasteiger partial charge in [0.15, 0.2) is 0 Å². The zero-order valence-electron chi connectivity index (χ0n) is 14.9. The molecule has 0 bridgehead atoms. The third kappa shape index (κ3) is 4.80. The summed E-state index contributed by atoms with van der Waals surface area (Å²) in [5.41, 5.74) is -0.647. The van der Waals surface area contributed by atoms with Gasteiger partial charge in [0.2, 0.25) is 0 Å². The Labute approximate surface area is 156 Å². The number of halogens is 3. The second kappa shape index (κ2) is 7.88. The number of ether oxygens (including phenoxy) is 2. The summed E-state index contributed by atoms with van der Waals surface area (Å²) in [6, 6.07) is 14.8. The molecule has 3 rings (SSSR count). The molecule has 4 nitrogen and oxygen atoms in total. The average molecular weight is 381 g/mol. The highest BCUT2D eigenvalue weighted by molar-refractivity contribution is 5.37. The summed E-state index contributed by atoms with van der Waals surface area (Å²) < 4.78 is 48.3. The average Bonchev–Trinajstić information content (AvgIpc) is 2.63. The Bertz CT molecular complexity index is 754. The number of morpholine rings is 1. The van der Waals surface area contributed by atoms with Crippen molar-refractivity contribution < 1.29 is 27.8 Å². The summed E-state index contributed by atoms with van der Waals surface area (Å²) in [7, 11) is 1.92. The molecule has 0 spiro atoms. The van der Waals surface area contributed by atoms with E-state index in [2.05, 4.69) is 4.74 Å². The van der Waals surface area contributed by atoms with Gasteiger partial charge in [-0.2, -0.15) is 0 Å². The van der Waals surface area contributed by atoms with E-state index in [4.69, 9.17) is 4.74 Å². The second-order valence-corrected chi connectivity index (χ2v) is 6.74. The first-order valence-electron chi connectivity index (χ1n) is 8.69. The molecular weight excluding hydrogens is 359 g/mol. The number of rotatable bonds is 5. The van der Waals surface area contributed by atoms with Gasteiger partial charge in [-0.15, -0.1) is 13.2 Å². The molecule has 1 unspecified atom stereocenters. The maximum atomic E-state index is 12.8. The van der Waals surface area contributed by atoms with Gasteiger partial charge >= 0.3 is 6.36 Å². The highest BCUT2D eigenvalue weighted by Crippen LogP contribution is 2.36. The summed E-state index contributed by atoms with van der Waals surface area (Å²) in [6.07, 6.45) is -5.46. The number of para-hydroxylation sites is 1. The zero-order chi connectivity index (χ0) is 19.5. The molecule has 2 aromatic rings. The summed E-state index contributed by atoms with van der Waals surface area (Å²) in [5.74, 6) is -0.316. The quantitative estimate of drug-likeness (QED) is 0.863. The molecule has 0 radical (unpaired) electrons. The standard InChI is InChI=1S/C20H22F3NO3/c1-24-11-12-26-18(14-24)19(25,16-8-3-2-4-9-16)13-15-7-5-6-10-17(15)27-20(21,22)23/h2-10,18,25H,11-14H2,1H3/t18-,19?/m0/s1. The normalized spacial score (nSPS) is 20.9. The van der Waals surface area contributed by atoms with E-state index in [0.29, 0.717) is 18.7 Å². The predicted molar refractivity (Wildman–Crippen MR) is 94.4 cm³/mol. The van der Waals surface area contributed by atoms with Gasteiger partial charge < -0.3 is 19.5 Å². The van der Waals surface area contributed by atoms with E-state index in [0.717, 1.165) is 6.54 Å². The third-order valence-corrected chi connectivity index (χ3v) is 4.73. The number of aliphatic hydroxyl groups is 1. The van der Waals surface area contributed by atoms with Crippen molar-refractivity contribution in [1.82, 2.24) is 4.90 Å². The Morgan fingerprint density at radius 1 is 1.11 bits per heavy atom. The molecule has 1 aliphatic rings. The Morgan fingerprint density at radius 3 is 2.44 bits per heavy atom. The minimum atomic E-state index is -4.80. The fourth-order valence-corrected chi connectivity index (χ4v) is 3.36. The number of alkyl halides is 3. The summed E-state index contributed by atoms with van der Waals surface area (Å²) in [5, 5.41) is 11.6. The molecule has 27 heavy (non-hydrogen) atoms. The van der Waals surface area contributed by atoms with Crippen LogP contribution in [-0.2, 0) is 16.8 Å². The van der Waals surface area contributed by atoms with Gasteiger partial charge in [0.25, 0.3) is 0 Å². The van der Waals surface area contributed by atoms with Crippen LogP contribution in [-0.4, -0.2) is 49.2 Å². The zero-order valence-corrected chi connectivity index (χ0v) is 14.9. The number of nitrogens with zero attached hydrogens (tertiary/aromatic N) is 1. The van der Waals surface area contributed by atoms with Crippen molar-refractivity contribution in [2.45, 2.75) is 24.5 Å². The van der Waals surface area contributed by atoms with Crippen LogP contribution in [0.3, 0.4) is 0 Å². The van der Waals surface area contributed by atoms with E-state index >= 15 is 0 Å². The van der Waals surface area contributed by atoms with Crippen LogP contribution in [0.4, 0.5) is 13.2 Å². The van der Waals surface area contributed by atoms with Crippen molar-refractivity contribution in [3.8, 4) is 5.75 Å². The second-order valence-electron chi connectivity index (χ2n) is 6.74. The van der Waals surface area contributed by atoms with Gasteiger partial charge in [0.05, 0.1) is 6.61 Å². The molecule has 0 saturated carbocycles. The van der Waals surface area contributed by atoms with E-state index in [1.165, 1.54) is 18.2 Å². The fraction of sp³-hybridized carbons (Fsp3) is 0.400. The first kappa shape index (κ1) is 19.7. The van der Waals surface area contributed by atoms with Crippen molar-refractivity contribution in [1.29, 1.82) is 0 Å². The molecule has 7 heteroatoms. The fourth-order valence-electron chi connectivity index (χ4n) is 3.36. The highest BCUT2D eigenvalue weighted by atomic mass is 19.4. The van der Waals surface area contributed by atoms with E-state index in [1.54, 1.807) is 30.3 Å². The van der Waals surface area contributed by atoms with E-state index < -0.39 is 18.1 Å². The smallest absolute Gasteiger partial charge is 0.406 e. The van der Waals surface area contributed by atoms with Crippen LogP contribution in [0, 0.1) is 0 Å². The van der Waals surface area contributed by atoms with Gasteiger partial charge in [-0.3, -0.25) is 0 Å². The lowest BCUT2D eigenvalue weighted by Gasteiger charge is -2.41. The number of hydrogen-bond donors (Lipinski definition) is 1. The third-order valence-electron chi connectivity index (χ3n) is 4.73. The van der Waals surface area contributed by atoms with Crippen molar-refractivity contribution in [2.75, 3.05) is 26.7 Å². The number of benzene rings is 2. The van der Waals surface area contributed by atoms with E-state index in [9.17, 15) is 18.3 Å². The van der Waals surface area contributed by atoms with Crippen LogP contribution in [0.25, 0.3) is 0 Å². The molecule has 146 valence electrons. The lowest BCUT2D eigenvalue weighted by Crippen LogP contribution is -2.53. The van der Waals surface area contributed by atoms with Gasteiger partial charge in [-0.25, -0.2) is 0 Å². The van der Waals surface area contributed by atoms with E-state index in [1.807, 2.05) is 18.0 Å². The molecule has 1 aliphatic heterocycles. The minimum Gasteiger partial charge on any atom is -0.406 e. The SMILES string of the molecule is CN1CCO[C@H](C(O)(Cc2ccccc2OC(F)(F)F)c2ccccc2)C1. The molecular formula is C20H22F3NO3. The van der Waals surface area contributed by atoms with E-state index in [-0.39, 0.29) is 17.7 Å². The Kier molecular flexibility index (Phi) is 5.74. The molecule has 2 atom stereocenters. The molecule has 0 aromatic heterocycles. The minimum absolute atomic E-state index is 0.0677. The summed E-state index contributed by atoms with van der Waals surface area (Å²) in [4.78, 5) is 2.03. The van der Waals surface area contributed by atoms with Gasteiger partial charge in [0, 0.05) is 19.5 Å². The maximum absolute atomic E-state index is 12.8. The molecule has 1 saturated heterocycles.